The first-order chi connectivity index (χ1) is 11.7. The van der Waals surface area contributed by atoms with Crippen molar-refractivity contribution in [3.8, 4) is 5.75 Å². The molecule has 0 bridgehead atoms. The third-order valence-electron chi connectivity index (χ3n) is 4.88. The number of hydrogen-bond acceptors (Lipinski definition) is 4. The van der Waals surface area contributed by atoms with Gasteiger partial charge in [0.1, 0.15) is 5.75 Å². The third kappa shape index (κ3) is 6.33. The second kappa shape index (κ2) is 10.2. The molecule has 0 atom stereocenters. The molecular weight excluding hydrogens is 361 g/mol. The monoisotopic (exact) mass is 387 g/mol. The van der Waals surface area contributed by atoms with Crippen molar-refractivity contribution < 1.29 is 9.53 Å². The number of hydrogen-bond donors (Lipinski definition) is 1. The number of piperidine rings is 1. The van der Waals surface area contributed by atoms with Crippen molar-refractivity contribution in [2.45, 2.75) is 12.8 Å². The fourth-order valence-corrected chi connectivity index (χ4v) is 3.50. The number of nitrogens with one attached hydrogen (secondary N) is 1. The average molecular weight is 388 g/mol. The van der Waals surface area contributed by atoms with Crippen LogP contribution in [0.5, 0.6) is 5.75 Å². The molecule has 2 fully saturated rings. The summed E-state index contributed by atoms with van der Waals surface area (Å²) in [4.78, 5) is 16.7. The number of carbonyl (C=O) groups excluding carboxylic acids is 1. The molecule has 2 aliphatic heterocycles. The van der Waals surface area contributed by atoms with Crippen LogP contribution in [0.4, 0.5) is 0 Å². The maximum absolute atomic E-state index is 12.3. The van der Waals surface area contributed by atoms with Crippen LogP contribution in [0.25, 0.3) is 0 Å². The number of ether oxygens (including phenoxy) is 1. The Labute approximate surface area is 161 Å². The Balaban J connectivity index is 0.00000225. The van der Waals surface area contributed by atoms with Gasteiger partial charge in [-0.25, -0.2) is 0 Å². The Morgan fingerprint density at radius 1 is 1.12 bits per heavy atom. The summed E-state index contributed by atoms with van der Waals surface area (Å²) in [6.07, 6.45) is 2.54. The molecule has 140 valence electrons. The van der Waals surface area contributed by atoms with Gasteiger partial charge in [0.05, 0.1) is 0 Å². The zero-order chi connectivity index (χ0) is 16.8. The average Bonchev–Trinajstić information content (AvgIpc) is 2.62. The van der Waals surface area contributed by atoms with E-state index in [1.807, 2.05) is 4.90 Å². The Morgan fingerprint density at radius 3 is 2.40 bits per heavy atom. The normalized spacial score (nSPS) is 19.3. The molecule has 1 N–H and O–H groups in total. The Hall–Kier alpha value is -1.01. The van der Waals surface area contributed by atoms with Crippen molar-refractivity contribution in [1.29, 1.82) is 0 Å². The van der Waals surface area contributed by atoms with Gasteiger partial charge in [0, 0.05) is 37.7 Å². The van der Waals surface area contributed by atoms with Gasteiger partial charge in [0.15, 0.2) is 6.61 Å². The van der Waals surface area contributed by atoms with Gasteiger partial charge in [-0.2, -0.15) is 0 Å². The first kappa shape index (κ1) is 20.3. The van der Waals surface area contributed by atoms with Gasteiger partial charge in [-0.1, -0.05) is 11.6 Å². The van der Waals surface area contributed by atoms with Crippen LogP contribution in [0, 0.1) is 5.92 Å². The van der Waals surface area contributed by atoms with Crippen LogP contribution in [-0.2, 0) is 4.79 Å². The Morgan fingerprint density at radius 2 is 1.76 bits per heavy atom. The molecule has 0 spiro atoms. The lowest BCUT2D eigenvalue weighted by molar-refractivity contribution is -0.135. The first-order valence-electron chi connectivity index (χ1n) is 8.80. The van der Waals surface area contributed by atoms with E-state index in [1.54, 1.807) is 24.3 Å². The molecule has 1 amide bonds. The van der Waals surface area contributed by atoms with Gasteiger partial charge in [0.25, 0.3) is 5.91 Å². The van der Waals surface area contributed by atoms with E-state index in [1.165, 1.54) is 19.4 Å². The van der Waals surface area contributed by atoms with Crippen LogP contribution in [0.3, 0.4) is 0 Å². The topological polar surface area (TPSA) is 44.8 Å². The van der Waals surface area contributed by atoms with Gasteiger partial charge >= 0.3 is 0 Å². The molecule has 0 saturated carbocycles. The summed E-state index contributed by atoms with van der Waals surface area (Å²) < 4.78 is 5.55. The lowest BCUT2D eigenvalue weighted by Gasteiger charge is -2.37. The predicted octanol–water partition coefficient (Wildman–Crippen LogP) is 2.28. The molecule has 2 aliphatic rings. The van der Waals surface area contributed by atoms with E-state index >= 15 is 0 Å². The minimum atomic E-state index is 0. The van der Waals surface area contributed by atoms with Crippen LogP contribution in [-0.4, -0.2) is 68.1 Å². The highest BCUT2D eigenvalue weighted by atomic mass is 35.5. The molecule has 3 rings (SSSR count). The van der Waals surface area contributed by atoms with E-state index in [0.29, 0.717) is 10.8 Å². The highest BCUT2D eigenvalue weighted by molar-refractivity contribution is 6.30. The zero-order valence-electron chi connectivity index (χ0n) is 14.5. The SMILES string of the molecule is Cl.O=C(COc1ccc(Cl)cc1)N1CCN(CC2CCNCC2)CC1. The quantitative estimate of drug-likeness (QED) is 0.841. The van der Waals surface area contributed by atoms with Crippen molar-refractivity contribution in [3.05, 3.63) is 29.3 Å². The predicted molar refractivity (Wildman–Crippen MR) is 103 cm³/mol. The van der Waals surface area contributed by atoms with E-state index in [4.69, 9.17) is 16.3 Å². The molecule has 0 radical (unpaired) electrons. The fourth-order valence-electron chi connectivity index (χ4n) is 3.38. The van der Waals surface area contributed by atoms with Crippen molar-refractivity contribution >= 4 is 29.9 Å². The van der Waals surface area contributed by atoms with Crippen LogP contribution in [0.2, 0.25) is 5.02 Å². The first-order valence-corrected chi connectivity index (χ1v) is 9.18. The smallest absolute Gasteiger partial charge is 0.260 e. The van der Waals surface area contributed by atoms with Crippen molar-refractivity contribution in [2.24, 2.45) is 5.92 Å². The van der Waals surface area contributed by atoms with Crippen LogP contribution < -0.4 is 10.1 Å². The second-order valence-corrected chi connectivity index (χ2v) is 7.05. The van der Waals surface area contributed by atoms with Gasteiger partial charge in [-0.3, -0.25) is 9.69 Å². The molecule has 0 unspecified atom stereocenters. The van der Waals surface area contributed by atoms with Gasteiger partial charge < -0.3 is 15.0 Å². The third-order valence-corrected chi connectivity index (χ3v) is 5.13. The van der Waals surface area contributed by atoms with E-state index in [2.05, 4.69) is 10.2 Å². The molecule has 7 heteroatoms. The van der Waals surface area contributed by atoms with Gasteiger partial charge in [0.2, 0.25) is 0 Å². The Bertz CT molecular complexity index is 528. The maximum Gasteiger partial charge on any atom is 0.260 e. The summed E-state index contributed by atoms with van der Waals surface area (Å²) in [6.45, 7) is 7.09. The number of carbonyl (C=O) groups is 1. The number of benzene rings is 1. The highest BCUT2D eigenvalue weighted by Gasteiger charge is 2.24. The molecular formula is C18H27Cl2N3O2. The Kier molecular flexibility index (Phi) is 8.30. The molecule has 25 heavy (non-hydrogen) atoms. The van der Waals surface area contributed by atoms with Gasteiger partial charge in [-0.05, 0) is 56.1 Å². The summed E-state index contributed by atoms with van der Waals surface area (Å²) in [6, 6.07) is 7.10. The highest BCUT2D eigenvalue weighted by Crippen LogP contribution is 2.17. The lowest BCUT2D eigenvalue weighted by Crippen LogP contribution is -2.51. The van der Waals surface area contributed by atoms with Crippen LogP contribution in [0.15, 0.2) is 24.3 Å². The molecule has 5 nitrogen and oxygen atoms in total. The number of rotatable bonds is 5. The number of amides is 1. The van der Waals surface area contributed by atoms with Crippen molar-refractivity contribution in [3.63, 3.8) is 0 Å². The van der Waals surface area contributed by atoms with Crippen LogP contribution in [0.1, 0.15) is 12.8 Å². The van der Waals surface area contributed by atoms with Crippen LogP contribution >= 0.6 is 24.0 Å². The summed E-state index contributed by atoms with van der Waals surface area (Å²) in [5.74, 6) is 1.55. The molecule has 2 saturated heterocycles. The summed E-state index contributed by atoms with van der Waals surface area (Å²) in [5.41, 5.74) is 0. The lowest BCUT2D eigenvalue weighted by atomic mass is 9.97. The summed E-state index contributed by atoms with van der Waals surface area (Å²) in [7, 11) is 0. The van der Waals surface area contributed by atoms with E-state index in [9.17, 15) is 4.79 Å². The number of halogens is 2. The zero-order valence-corrected chi connectivity index (χ0v) is 16.0. The summed E-state index contributed by atoms with van der Waals surface area (Å²) in [5, 5.41) is 4.08. The number of piperazine rings is 1. The molecule has 0 aliphatic carbocycles. The number of nitrogens with zero attached hydrogens (tertiary/aromatic N) is 2. The van der Waals surface area contributed by atoms with Crippen molar-refractivity contribution in [1.82, 2.24) is 15.1 Å². The van der Waals surface area contributed by atoms with Gasteiger partial charge in [-0.15, -0.1) is 12.4 Å². The maximum atomic E-state index is 12.3. The standard InChI is InChI=1S/C18H26ClN3O2.ClH/c19-16-1-3-17(4-2-16)24-14-18(23)22-11-9-21(10-12-22)13-15-5-7-20-8-6-15;/h1-4,15,20H,5-14H2;1H. The van der Waals surface area contributed by atoms with E-state index < -0.39 is 0 Å². The largest absolute Gasteiger partial charge is 0.484 e. The summed E-state index contributed by atoms with van der Waals surface area (Å²) >= 11 is 5.84. The second-order valence-electron chi connectivity index (χ2n) is 6.62. The van der Waals surface area contributed by atoms with E-state index in [-0.39, 0.29) is 24.9 Å². The molecule has 0 aromatic heterocycles. The minimum absolute atomic E-state index is 0. The minimum Gasteiger partial charge on any atom is -0.484 e. The molecule has 1 aromatic rings. The van der Waals surface area contributed by atoms with Crippen molar-refractivity contribution in [2.75, 3.05) is 52.4 Å². The van der Waals surface area contributed by atoms with E-state index in [0.717, 1.165) is 45.2 Å². The molecule has 1 aromatic carbocycles. The fraction of sp³-hybridized carbons (Fsp3) is 0.611. The molecule has 2 heterocycles.